The van der Waals surface area contributed by atoms with E-state index in [0.717, 1.165) is 39.3 Å². The Morgan fingerprint density at radius 1 is 1.19 bits per heavy atom. The number of hydrogen-bond acceptors (Lipinski definition) is 5. The zero-order chi connectivity index (χ0) is 14.7. The molecule has 0 saturated carbocycles. The van der Waals surface area contributed by atoms with Gasteiger partial charge in [-0.1, -0.05) is 12.1 Å². The Morgan fingerprint density at radius 2 is 1.90 bits per heavy atom. The average molecular weight is 289 g/mol. The lowest BCUT2D eigenvalue weighted by Crippen LogP contribution is -2.46. The van der Waals surface area contributed by atoms with E-state index in [1.54, 1.807) is 0 Å². The number of morpholine rings is 1. The van der Waals surface area contributed by atoms with Gasteiger partial charge in [-0.05, 0) is 24.5 Å². The van der Waals surface area contributed by atoms with Crippen LogP contribution >= 0.6 is 0 Å². The van der Waals surface area contributed by atoms with E-state index in [2.05, 4.69) is 39.3 Å². The second kappa shape index (κ2) is 6.79. The van der Waals surface area contributed by atoms with Gasteiger partial charge in [0, 0.05) is 45.0 Å². The highest BCUT2D eigenvalue weighted by atomic mass is 16.5. The third-order valence-corrected chi connectivity index (χ3v) is 4.37. The van der Waals surface area contributed by atoms with Crippen molar-refractivity contribution in [3.63, 3.8) is 0 Å². The maximum Gasteiger partial charge on any atom is 0.376 e. The zero-order valence-corrected chi connectivity index (χ0v) is 12.7. The molecular formula is C15H24BN3O2. The van der Waals surface area contributed by atoms with E-state index in [4.69, 9.17) is 4.74 Å². The Morgan fingerprint density at radius 3 is 2.57 bits per heavy atom. The Hall–Kier alpha value is -1.08. The van der Waals surface area contributed by atoms with Crippen LogP contribution in [0.1, 0.15) is 11.7 Å². The van der Waals surface area contributed by atoms with Crippen molar-refractivity contribution in [2.24, 2.45) is 0 Å². The second-order valence-corrected chi connectivity index (χ2v) is 5.81. The minimum Gasteiger partial charge on any atom is -0.437 e. The van der Waals surface area contributed by atoms with E-state index < -0.39 is 7.05 Å². The standard InChI is InChI=1S/C15H24BN3O2/c1-16(20)19-10-11-21-15(12-19)13-2-4-14(5-3-13)18-8-6-17-7-9-18/h2-5,15,17,20H,6-12H2,1H3/t15-/m0/s1. The molecule has 21 heavy (non-hydrogen) atoms. The van der Waals surface area contributed by atoms with Crippen LogP contribution in [0.15, 0.2) is 24.3 Å². The molecule has 2 fully saturated rings. The molecule has 0 aromatic heterocycles. The largest absolute Gasteiger partial charge is 0.437 e. The summed E-state index contributed by atoms with van der Waals surface area (Å²) < 4.78 is 5.85. The van der Waals surface area contributed by atoms with E-state index >= 15 is 0 Å². The van der Waals surface area contributed by atoms with Gasteiger partial charge in [0.1, 0.15) is 0 Å². The Balaban J connectivity index is 1.66. The normalized spacial score (nSPS) is 24.1. The summed E-state index contributed by atoms with van der Waals surface area (Å²) in [7, 11) is -0.406. The monoisotopic (exact) mass is 289 g/mol. The molecule has 0 unspecified atom stereocenters. The number of hydrogen-bond donors (Lipinski definition) is 2. The van der Waals surface area contributed by atoms with E-state index in [-0.39, 0.29) is 6.10 Å². The fourth-order valence-corrected chi connectivity index (χ4v) is 3.03. The molecule has 1 aromatic carbocycles. The first-order chi connectivity index (χ1) is 10.2. The van der Waals surface area contributed by atoms with Crippen molar-refractivity contribution < 1.29 is 9.76 Å². The number of benzene rings is 1. The molecule has 0 aliphatic carbocycles. The molecule has 6 heteroatoms. The third-order valence-electron chi connectivity index (χ3n) is 4.37. The van der Waals surface area contributed by atoms with Crippen LogP contribution in [0.5, 0.6) is 0 Å². The van der Waals surface area contributed by atoms with E-state index in [1.807, 2.05) is 6.82 Å². The Bertz CT molecular complexity index is 449. The average Bonchev–Trinajstić information content (AvgIpc) is 2.56. The first-order valence-corrected chi connectivity index (χ1v) is 7.83. The van der Waals surface area contributed by atoms with Gasteiger partial charge in [-0.25, -0.2) is 0 Å². The number of ether oxygens (including phenoxy) is 1. The summed E-state index contributed by atoms with van der Waals surface area (Å²) in [4.78, 5) is 4.46. The van der Waals surface area contributed by atoms with E-state index in [1.165, 1.54) is 11.3 Å². The molecule has 2 aliphatic rings. The minimum atomic E-state index is -0.406. The van der Waals surface area contributed by atoms with Gasteiger partial charge in [-0.3, -0.25) is 0 Å². The zero-order valence-electron chi connectivity index (χ0n) is 12.7. The van der Waals surface area contributed by atoms with Gasteiger partial charge < -0.3 is 24.8 Å². The van der Waals surface area contributed by atoms with Crippen molar-refractivity contribution in [2.75, 3.05) is 50.8 Å². The molecule has 2 N–H and O–H groups in total. The van der Waals surface area contributed by atoms with Crippen molar-refractivity contribution in [2.45, 2.75) is 12.9 Å². The van der Waals surface area contributed by atoms with Gasteiger partial charge in [0.2, 0.25) is 0 Å². The topological polar surface area (TPSA) is 48.0 Å². The predicted molar refractivity (Wildman–Crippen MR) is 85.6 cm³/mol. The highest BCUT2D eigenvalue weighted by molar-refractivity contribution is 6.45. The maximum atomic E-state index is 9.71. The van der Waals surface area contributed by atoms with Gasteiger partial charge >= 0.3 is 7.05 Å². The third kappa shape index (κ3) is 3.58. The summed E-state index contributed by atoms with van der Waals surface area (Å²) in [6.07, 6.45) is 0.0606. The number of nitrogens with one attached hydrogen (secondary N) is 1. The number of piperazine rings is 1. The number of rotatable bonds is 3. The van der Waals surface area contributed by atoms with Gasteiger partial charge in [-0.15, -0.1) is 0 Å². The first-order valence-electron chi connectivity index (χ1n) is 7.83. The molecule has 2 heterocycles. The lowest BCUT2D eigenvalue weighted by Gasteiger charge is -2.34. The van der Waals surface area contributed by atoms with E-state index in [0.29, 0.717) is 6.61 Å². The summed E-state index contributed by atoms with van der Waals surface area (Å²) in [6.45, 7) is 8.28. The van der Waals surface area contributed by atoms with Crippen LogP contribution in [-0.2, 0) is 4.74 Å². The molecule has 2 saturated heterocycles. The lowest BCUT2D eigenvalue weighted by molar-refractivity contribution is -0.00805. The van der Waals surface area contributed by atoms with Crippen LogP contribution in [0, 0.1) is 0 Å². The molecule has 0 bridgehead atoms. The van der Waals surface area contributed by atoms with Crippen molar-refractivity contribution in [3.8, 4) is 0 Å². The van der Waals surface area contributed by atoms with Crippen molar-refractivity contribution in [3.05, 3.63) is 29.8 Å². The molecule has 5 nitrogen and oxygen atoms in total. The van der Waals surface area contributed by atoms with Crippen LogP contribution in [0.4, 0.5) is 5.69 Å². The highest BCUT2D eigenvalue weighted by Gasteiger charge is 2.26. The van der Waals surface area contributed by atoms with Crippen LogP contribution in [-0.4, -0.2) is 62.8 Å². The van der Waals surface area contributed by atoms with Crippen LogP contribution < -0.4 is 10.2 Å². The van der Waals surface area contributed by atoms with Gasteiger partial charge in [0.25, 0.3) is 0 Å². The quantitative estimate of drug-likeness (QED) is 0.797. The summed E-state index contributed by atoms with van der Waals surface area (Å²) in [5.41, 5.74) is 2.47. The summed E-state index contributed by atoms with van der Waals surface area (Å²) in [5.74, 6) is 0. The molecule has 0 spiro atoms. The molecule has 0 amide bonds. The van der Waals surface area contributed by atoms with Crippen molar-refractivity contribution in [1.82, 2.24) is 10.1 Å². The summed E-state index contributed by atoms with van der Waals surface area (Å²) in [6, 6.07) is 8.69. The first kappa shape index (κ1) is 14.8. The molecule has 2 aliphatic heterocycles. The lowest BCUT2D eigenvalue weighted by atomic mass is 9.83. The van der Waals surface area contributed by atoms with Gasteiger partial charge in [-0.2, -0.15) is 0 Å². The number of nitrogens with zero attached hydrogens (tertiary/aromatic N) is 2. The van der Waals surface area contributed by atoms with Crippen LogP contribution in [0.2, 0.25) is 6.82 Å². The molecule has 3 rings (SSSR count). The van der Waals surface area contributed by atoms with Gasteiger partial charge in [0.15, 0.2) is 0 Å². The Labute approximate surface area is 127 Å². The molecule has 114 valence electrons. The van der Waals surface area contributed by atoms with Crippen molar-refractivity contribution in [1.29, 1.82) is 0 Å². The smallest absolute Gasteiger partial charge is 0.376 e. The Kier molecular flexibility index (Phi) is 4.80. The molecular weight excluding hydrogens is 265 g/mol. The fourth-order valence-electron chi connectivity index (χ4n) is 3.03. The summed E-state index contributed by atoms with van der Waals surface area (Å²) >= 11 is 0. The maximum absolute atomic E-state index is 9.71. The highest BCUT2D eigenvalue weighted by Crippen LogP contribution is 2.25. The van der Waals surface area contributed by atoms with Gasteiger partial charge in [0.05, 0.1) is 12.7 Å². The minimum absolute atomic E-state index is 0.0606. The van der Waals surface area contributed by atoms with Crippen LogP contribution in [0.3, 0.4) is 0 Å². The molecule has 1 aromatic rings. The van der Waals surface area contributed by atoms with Crippen molar-refractivity contribution >= 4 is 12.7 Å². The van der Waals surface area contributed by atoms with E-state index in [9.17, 15) is 5.02 Å². The number of anilines is 1. The fraction of sp³-hybridized carbons (Fsp3) is 0.600. The summed E-state index contributed by atoms with van der Waals surface area (Å²) in [5, 5.41) is 13.1. The van der Waals surface area contributed by atoms with Crippen LogP contribution in [0.25, 0.3) is 0 Å². The molecule has 1 atom stereocenters. The predicted octanol–water partition coefficient (Wildman–Crippen LogP) is 0.580. The second-order valence-electron chi connectivity index (χ2n) is 5.81. The SMILES string of the molecule is CB(O)N1CCO[C@H](c2ccc(N3CCNCC3)cc2)C1. The molecule has 0 radical (unpaired) electrons.